The summed E-state index contributed by atoms with van der Waals surface area (Å²) >= 11 is 1.34. The van der Waals surface area contributed by atoms with Gasteiger partial charge < -0.3 is 10.8 Å². The van der Waals surface area contributed by atoms with E-state index in [1.54, 1.807) is 5.38 Å². The predicted octanol–water partition coefficient (Wildman–Crippen LogP) is 0.556. The average Bonchev–Trinajstić information content (AvgIpc) is 3.27. The molecule has 3 aromatic rings. The van der Waals surface area contributed by atoms with Crippen LogP contribution >= 0.6 is 11.3 Å². The highest BCUT2D eigenvalue weighted by Gasteiger charge is 2.28. The minimum Gasteiger partial charge on any atom is -0.393 e. The molecule has 10 heteroatoms. The number of nitrogens with two attached hydrogens (primary N) is 1. The molecule has 0 bridgehead atoms. The number of aromatic nitrogens is 5. The number of H-pyrrole nitrogens is 1. The van der Waals surface area contributed by atoms with Gasteiger partial charge >= 0.3 is 0 Å². The van der Waals surface area contributed by atoms with Crippen LogP contribution in [0.15, 0.2) is 29.6 Å². The summed E-state index contributed by atoms with van der Waals surface area (Å²) in [5.41, 5.74) is 8.05. The summed E-state index contributed by atoms with van der Waals surface area (Å²) in [6, 6.07) is 7.84. The number of aryl methyl sites for hydroxylation is 1. The molecule has 4 N–H and O–H groups in total. The first-order valence-electron chi connectivity index (χ1n) is 7.06. The van der Waals surface area contributed by atoms with Crippen LogP contribution < -0.4 is 10.6 Å². The lowest BCUT2D eigenvalue weighted by atomic mass is 10.2. The lowest BCUT2D eigenvalue weighted by Gasteiger charge is -2.22. The zero-order valence-electron chi connectivity index (χ0n) is 12.7. The van der Waals surface area contributed by atoms with Gasteiger partial charge in [-0.15, -0.1) is 16.4 Å². The second-order valence-electron chi connectivity index (χ2n) is 5.04. The summed E-state index contributed by atoms with van der Waals surface area (Å²) < 4.78 is 0. The van der Waals surface area contributed by atoms with E-state index in [4.69, 9.17) is 5.73 Å². The molecule has 0 radical (unpaired) electrons. The molecule has 3 rings (SSSR count). The molecule has 24 heavy (non-hydrogen) atoms. The highest BCUT2D eigenvalue weighted by molar-refractivity contribution is 7.13. The monoisotopic (exact) mass is 345 g/mol. The normalized spacial score (nSPS) is 12.1. The van der Waals surface area contributed by atoms with E-state index in [1.165, 1.54) is 11.3 Å². The number of anilines is 1. The van der Waals surface area contributed by atoms with Crippen molar-refractivity contribution in [1.82, 2.24) is 25.6 Å². The third-order valence-electron chi connectivity index (χ3n) is 3.31. The van der Waals surface area contributed by atoms with Crippen molar-refractivity contribution >= 4 is 23.2 Å². The molecule has 0 saturated carbocycles. The number of benzene rings is 1. The second kappa shape index (κ2) is 6.83. The Balaban J connectivity index is 1.90. The highest BCUT2D eigenvalue weighted by atomic mass is 32.1. The number of amides is 1. The Hall–Kier alpha value is -2.69. The van der Waals surface area contributed by atoms with Gasteiger partial charge in [0.1, 0.15) is 16.9 Å². The molecule has 0 aliphatic heterocycles. The van der Waals surface area contributed by atoms with Gasteiger partial charge in [0.25, 0.3) is 11.9 Å². The largest absolute Gasteiger partial charge is 0.393 e. The van der Waals surface area contributed by atoms with Gasteiger partial charge in [-0.2, -0.15) is 5.21 Å². The van der Waals surface area contributed by atoms with Gasteiger partial charge in [0.15, 0.2) is 0 Å². The molecule has 0 aliphatic rings. The molecular weight excluding hydrogens is 330 g/mol. The topological polar surface area (TPSA) is 134 Å². The molecule has 0 spiro atoms. The van der Waals surface area contributed by atoms with Gasteiger partial charge in [-0.25, -0.2) is 4.98 Å². The fraction of sp³-hybridized carbons (Fsp3) is 0.214. The first-order chi connectivity index (χ1) is 11.6. The van der Waals surface area contributed by atoms with Crippen molar-refractivity contribution in [3.8, 4) is 10.6 Å². The Morgan fingerprint density at radius 3 is 2.79 bits per heavy atom. The molecule has 2 aromatic heterocycles. The summed E-state index contributed by atoms with van der Waals surface area (Å²) in [5, 5.41) is 24.8. The van der Waals surface area contributed by atoms with Crippen molar-refractivity contribution in [2.24, 2.45) is 5.73 Å². The number of tetrazole rings is 1. The lowest BCUT2D eigenvalue weighted by molar-refractivity contribution is 0.0958. The van der Waals surface area contributed by atoms with Crippen LogP contribution in [-0.4, -0.2) is 49.4 Å². The maximum absolute atomic E-state index is 12.7. The van der Waals surface area contributed by atoms with Crippen molar-refractivity contribution in [3.63, 3.8) is 0 Å². The van der Waals surface area contributed by atoms with E-state index in [2.05, 4.69) is 25.6 Å². The smallest absolute Gasteiger partial charge is 0.281 e. The van der Waals surface area contributed by atoms with Gasteiger partial charge in [0.05, 0.1) is 6.61 Å². The molecule has 0 saturated heterocycles. The molecule has 0 fully saturated rings. The van der Waals surface area contributed by atoms with Crippen molar-refractivity contribution in [3.05, 3.63) is 40.9 Å². The third kappa shape index (κ3) is 3.15. The molecule has 1 atom stereocenters. The van der Waals surface area contributed by atoms with Crippen LogP contribution in [0.25, 0.3) is 10.6 Å². The molecule has 9 nitrogen and oxygen atoms in total. The van der Waals surface area contributed by atoms with Crippen molar-refractivity contribution in [2.75, 3.05) is 11.5 Å². The summed E-state index contributed by atoms with van der Waals surface area (Å²) in [7, 11) is 0. The number of carbonyl (C=O) groups is 1. The zero-order chi connectivity index (χ0) is 17.1. The van der Waals surface area contributed by atoms with Crippen LogP contribution in [0.4, 0.5) is 5.95 Å². The van der Waals surface area contributed by atoms with Gasteiger partial charge in [-0.05, 0) is 12.1 Å². The number of carbonyl (C=O) groups excluding carboxylic acids is 1. The van der Waals surface area contributed by atoms with Crippen LogP contribution in [0.5, 0.6) is 0 Å². The minimum atomic E-state index is -1.00. The Morgan fingerprint density at radius 1 is 1.42 bits per heavy atom. The van der Waals surface area contributed by atoms with Gasteiger partial charge in [0.2, 0.25) is 0 Å². The third-order valence-corrected chi connectivity index (χ3v) is 4.20. The molecular formula is C14H15N7O2S. The van der Waals surface area contributed by atoms with Crippen LogP contribution in [0, 0.1) is 6.92 Å². The van der Waals surface area contributed by atoms with Crippen LogP contribution in [0.2, 0.25) is 0 Å². The van der Waals surface area contributed by atoms with Crippen LogP contribution in [0.3, 0.4) is 0 Å². The van der Waals surface area contributed by atoms with Crippen molar-refractivity contribution < 1.29 is 9.90 Å². The van der Waals surface area contributed by atoms with E-state index in [1.807, 2.05) is 31.2 Å². The lowest BCUT2D eigenvalue weighted by Crippen LogP contribution is -2.49. The number of hydrogen-bond donors (Lipinski definition) is 3. The molecule has 124 valence electrons. The molecule has 1 aromatic carbocycles. The Bertz CT molecular complexity index is 816. The van der Waals surface area contributed by atoms with Gasteiger partial charge in [-0.1, -0.05) is 34.9 Å². The van der Waals surface area contributed by atoms with E-state index < -0.39 is 18.7 Å². The predicted molar refractivity (Wildman–Crippen MR) is 88.3 cm³/mol. The number of aromatic amines is 1. The minimum absolute atomic E-state index is 0.0218. The Kier molecular flexibility index (Phi) is 4.60. The van der Waals surface area contributed by atoms with E-state index >= 15 is 0 Å². The molecule has 0 aliphatic carbocycles. The number of nitrogens with one attached hydrogen (secondary N) is 1. The number of thiazole rings is 1. The zero-order valence-corrected chi connectivity index (χ0v) is 13.6. The van der Waals surface area contributed by atoms with E-state index in [0.717, 1.165) is 16.0 Å². The van der Waals surface area contributed by atoms with Crippen LogP contribution in [-0.2, 0) is 0 Å². The van der Waals surface area contributed by atoms with E-state index in [-0.39, 0.29) is 11.6 Å². The van der Waals surface area contributed by atoms with Crippen LogP contribution in [0.1, 0.15) is 16.1 Å². The maximum atomic E-state index is 12.7. The summed E-state index contributed by atoms with van der Waals surface area (Å²) in [6.07, 6.45) is -1.00. The Morgan fingerprint density at radius 2 is 2.17 bits per heavy atom. The van der Waals surface area contributed by atoms with Crippen molar-refractivity contribution in [2.45, 2.75) is 13.1 Å². The van der Waals surface area contributed by atoms with Gasteiger partial charge in [-0.3, -0.25) is 9.69 Å². The standard InChI is InChI=1S/C14H15N7O2S/c1-8-2-4-9(5-3-8)12-16-10(7-24-12)13(23)21(11(15)6-22)14-17-19-20-18-14/h2-5,7,11,22H,6,15H2,1H3,(H,17,18,19,20). The Labute approximate surface area is 141 Å². The number of hydrogen-bond acceptors (Lipinski definition) is 8. The van der Waals surface area contributed by atoms with Gasteiger partial charge in [0, 0.05) is 10.9 Å². The van der Waals surface area contributed by atoms with E-state index in [0.29, 0.717) is 5.01 Å². The van der Waals surface area contributed by atoms with Crippen molar-refractivity contribution in [1.29, 1.82) is 0 Å². The fourth-order valence-corrected chi connectivity index (χ4v) is 2.85. The highest BCUT2D eigenvalue weighted by Crippen LogP contribution is 2.25. The molecule has 2 heterocycles. The quantitative estimate of drug-likeness (QED) is 0.575. The summed E-state index contributed by atoms with van der Waals surface area (Å²) in [6.45, 7) is 1.55. The molecule has 1 unspecified atom stereocenters. The average molecular weight is 345 g/mol. The summed E-state index contributed by atoms with van der Waals surface area (Å²) in [4.78, 5) is 18.1. The first kappa shape index (κ1) is 16.2. The number of rotatable bonds is 5. The number of aliphatic hydroxyl groups excluding tert-OH is 1. The second-order valence-corrected chi connectivity index (χ2v) is 5.90. The molecule has 1 amide bonds. The SMILES string of the molecule is Cc1ccc(-c2nc(C(=O)N(c3nn[nH]n3)C(N)CO)cs2)cc1. The first-order valence-corrected chi connectivity index (χ1v) is 7.94. The fourth-order valence-electron chi connectivity index (χ4n) is 2.05. The number of aliphatic hydroxyl groups is 1. The number of nitrogens with zero attached hydrogens (tertiary/aromatic N) is 5. The van der Waals surface area contributed by atoms with E-state index in [9.17, 15) is 9.90 Å². The maximum Gasteiger partial charge on any atom is 0.281 e. The summed E-state index contributed by atoms with van der Waals surface area (Å²) in [5.74, 6) is -0.529.